The minimum atomic E-state index is 0.606. The summed E-state index contributed by atoms with van der Waals surface area (Å²) >= 11 is 0. The van der Waals surface area contributed by atoms with Gasteiger partial charge in [-0.05, 0) is 18.1 Å². The SMILES string of the molecule is CC(C)CN1CCN(Cc2nnc(-c3ccccc3)o2)CC1. The lowest BCUT2D eigenvalue weighted by atomic mass is 10.2. The predicted molar refractivity (Wildman–Crippen MR) is 86.3 cm³/mol. The molecular formula is C17H24N4O. The summed E-state index contributed by atoms with van der Waals surface area (Å²) in [6.07, 6.45) is 0. The van der Waals surface area contributed by atoms with Crippen LogP contribution in [0, 0.1) is 5.92 Å². The van der Waals surface area contributed by atoms with Crippen molar-refractivity contribution >= 4 is 0 Å². The molecule has 1 aliphatic rings. The minimum absolute atomic E-state index is 0.606. The summed E-state index contributed by atoms with van der Waals surface area (Å²) in [5, 5.41) is 8.33. The molecular weight excluding hydrogens is 276 g/mol. The third-order valence-electron chi connectivity index (χ3n) is 3.93. The van der Waals surface area contributed by atoms with Crippen LogP contribution in [0.4, 0.5) is 0 Å². The van der Waals surface area contributed by atoms with Crippen LogP contribution < -0.4 is 0 Å². The summed E-state index contributed by atoms with van der Waals surface area (Å²) in [4.78, 5) is 4.92. The number of benzene rings is 1. The van der Waals surface area contributed by atoms with E-state index in [-0.39, 0.29) is 0 Å². The topological polar surface area (TPSA) is 45.4 Å². The second-order valence-electron chi connectivity index (χ2n) is 6.34. The average molecular weight is 300 g/mol. The fraction of sp³-hybridized carbons (Fsp3) is 0.529. The van der Waals surface area contributed by atoms with Gasteiger partial charge in [0, 0.05) is 38.3 Å². The number of aromatic nitrogens is 2. The summed E-state index contributed by atoms with van der Waals surface area (Å²) in [6.45, 7) is 10.9. The first-order valence-electron chi connectivity index (χ1n) is 8.03. The first-order valence-corrected chi connectivity index (χ1v) is 8.03. The average Bonchev–Trinajstić information content (AvgIpc) is 2.98. The van der Waals surface area contributed by atoms with Crippen molar-refractivity contribution in [1.29, 1.82) is 0 Å². The summed E-state index contributed by atoms with van der Waals surface area (Å²) in [5.41, 5.74) is 0.975. The predicted octanol–water partition coefficient (Wildman–Crippen LogP) is 2.51. The second kappa shape index (κ2) is 7.03. The maximum atomic E-state index is 5.79. The van der Waals surface area contributed by atoms with E-state index in [0.29, 0.717) is 11.8 Å². The monoisotopic (exact) mass is 300 g/mol. The molecule has 0 saturated carbocycles. The van der Waals surface area contributed by atoms with Crippen LogP contribution in [-0.2, 0) is 6.54 Å². The van der Waals surface area contributed by atoms with Gasteiger partial charge in [-0.15, -0.1) is 10.2 Å². The van der Waals surface area contributed by atoms with Gasteiger partial charge >= 0.3 is 0 Å². The Labute approximate surface area is 131 Å². The molecule has 3 rings (SSSR count). The number of hydrogen-bond acceptors (Lipinski definition) is 5. The molecule has 1 saturated heterocycles. The van der Waals surface area contributed by atoms with E-state index in [2.05, 4.69) is 33.8 Å². The van der Waals surface area contributed by atoms with Crippen LogP contribution in [0.1, 0.15) is 19.7 Å². The van der Waals surface area contributed by atoms with Gasteiger partial charge in [0.2, 0.25) is 11.8 Å². The molecule has 0 radical (unpaired) electrons. The van der Waals surface area contributed by atoms with Gasteiger partial charge in [0.15, 0.2) is 0 Å². The van der Waals surface area contributed by atoms with E-state index in [9.17, 15) is 0 Å². The lowest BCUT2D eigenvalue weighted by Crippen LogP contribution is -2.46. The molecule has 1 aliphatic heterocycles. The molecule has 22 heavy (non-hydrogen) atoms. The number of nitrogens with zero attached hydrogens (tertiary/aromatic N) is 4. The molecule has 0 bridgehead atoms. The maximum absolute atomic E-state index is 5.79. The Balaban J connectivity index is 1.54. The summed E-state index contributed by atoms with van der Waals surface area (Å²) in [5.74, 6) is 2.04. The van der Waals surface area contributed by atoms with Gasteiger partial charge < -0.3 is 9.32 Å². The van der Waals surface area contributed by atoms with Crippen molar-refractivity contribution in [2.75, 3.05) is 32.7 Å². The zero-order chi connectivity index (χ0) is 15.4. The van der Waals surface area contributed by atoms with E-state index < -0.39 is 0 Å². The van der Waals surface area contributed by atoms with Crippen LogP contribution in [0.25, 0.3) is 11.5 Å². The van der Waals surface area contributed by atoms with Crippen molar-refractivity contribution in [1.82, 2.24) is 20.0 Å². The van der Waals surface area contributed by atoms with Gasteiger partial charge in [-0.1, -0.05) is 32.0 Å². The largest absolute Gasteiger partial charge is 0.419 e. The smallest absolute Gasteiger partial charge is 0.247 e. The normalized spacial score (nSPS) is 17.2. The third kappa shape index (κ3) is 3.93. The Morgan fingerprint density at radius 3 is 2.36 bits per heavy atom. The molecule has 0 amide bonds. The van der Waals surface area contributed by atoms with Gasteiger partial charge in [-0.2, -0.15) is 0 Å². The molecule has 2 heterocycles. The minimum Gasteiger partial charge on any atom is -0.419 e. The van der Waals surface area contributed by atoms with Crippen LogP contribution >= 0.6 is 0 Å². The van der Waals surface area contributed by atoms with Crippen molar-refractivity contribution in [2.45, 2.75) is 20.4 Å². The van der Waals surface area contributed by atoms with Crippen LogP contribution in [0.2, 0.25) is 0 Å². The number of piperazine rings is 1. The van der Waals surface area contributed by atoms with Crippen molar-refractivity contribution in [2.24, 2.45) is 5.92 Å². The second-order valence-corrected chi connectivity index (χ2v) is 6.34. The van der Waals surface area contributed by atoms with Gasteiger partial charge in [0.25, 0.3) is 0 Å². The highest BCUT2D eigenvalue weighted by molar-refractivity contribution is 5.51. The van der Waals surface area contributed by atoms with Gasteiger partial charge in [-0.25, -0.2) is 0 Å². The van der Waals surface area contributed by atoms with Crippen molar-refractivity contribution < 1.29 is 4.42 Å². The lowest BCUT2D eigenvalue weighted by Gasteiger charge is -2.34. The molecule has 0 unspecified atom stereocenters. The van der Waals surface area contributed by atoms with Crippen LogP contribution in [-0.4, -0.2) is 52.7 Å². The lowest BCUT2D eigenvalue weighted by molar-refractivity contribution is 0.110. The molecule has 1 fully saturated rings. The quantitative estimate of drug-likeness (QED) is 0.849. The molecule has 0 spiro atoms. The molecule has 5 heteroatoms. The van der Waals surface area contributed by atoms with E-state index >= 15 is 0 Å². The first-order chi connectivity index (χ1) is 10.7. The fourth-order valence-electron chi connectivity index (χ4n) is 2.85. The van der Waals surface area contributed by atoms with Crippen molar-refractivity contribution in [3.63, 3.8) is 0 Å². The summed E-state index contributed by atoms with van der Waals surface area (Å²) < 4.78 is 5.79. The van der Waals surface area contributed by atoms with E-state index in [0.717, 1.165) is 44.2 Å². The van der Waals surface area contributed by atoms with E-state index in [1.165, 1.54) is 6.54 Å². The molecule has 2 aromatic rings. The Morgan fingerprint density at radius 2 is 1.68 bits per heavy atom. The molecule has 1 aromatic carbocycles. The van der Waals surface area contributed by atoms with E-state index in [1.807, 2.05) is 30.3 Å². The third-order valence-corrected chi connectivity index (χ3v) is 3.93. The van der Waals surface area contributed by atoms with Crippen LogP contribution in [0.3, 0.4) is 0 Å². The first kappa shape index (κ1) is 15.2. The standard InChI is InChI=1S/C17H24N4O/c1-14(2)12-20-8-10-21(11-9-20)13-16-18-19-17(22-16)15-6-4-3-5-7-15/h3-7,14H,8-13H2,1-2H3. The number of hydrogen-bond donors (Lipinski definition) is 0. The van der Waals surface area contributed by atoms with Gasteiger partial charge in [0.05, 0.1) is 6.54 Å². The number of rotatable bonds is 5. The highest BCUT2D eigenvalue weighted by atomic mass is 16.4. The summed E-state index contributed by atoms with van der Waals surface area (Å²) in [7, 11) is 0. The van der Waals surface area contributed by atoms with Crippen molar-refractivity contribution in [3.8, 4) is 11.5 Å². The van der Waals surface area contributed by atoms with Crippen LogP contribution in [0.15, 0.2) is 34.7 Å². The van der Waals surface area contributed by atoms with Crippen molar-refractivity contribution in [3.05, 3.63) is 36.2 Å². The molecule has 118 valence electrons. The Morgan fingerprint density at radius 1 is 1.00 bits per heavy atom. The van der Waals surface area contributed by atoms with Gasteiger partial charge in [0.1, 0.15) is 0 Å². The van der Waals surface area contributed by atoms with Gasteiger partial charge in [-0.3, -0.25) is 4.90 Å². The fourth-order valence-corrected chi connectivity index (χ4v) is 2.85. The molecule has 5 nitrogen and oxygen atoms in total. The Bertz CT molecular complexity index is 573. The summed E-state index contributed by atoms with van der Waals surface area (Å²) in [6, 6.07) is 9.92. The molecule has 1 aromatic heterocycles. The maximum Gasteiger partial charge on any atom is 0.247 e. The Hall–Kier alpha value is -1.72. The molecule has 0 aliphatic carbocycles. The molecule has 0 N–H and O–H groups in total. The zero-order valence-electron chi connectivity index (χ0n) is 13.4. The Kier molecular flexibility index (Phi) is 4.85. The highest BCUT2D eigenvalue weighted by Crippen LogP contribution is 2.18. The molecule has 0 atom stereocenters. The van der Waals surface area contributed by atoms with E-state index in [4.69, 9.17) is 4.42 Å². The highest BCUT2D eigenvalue weighted by Gasteiger charge is 2.19. The zero-order valence-corrected chi connectivity index (χ0v) is 13.4. The van der Waals surface area contributed by atoms with Crippen LogP contribution in [0.5, 0.6) is 0 Å². The van der Waals surface area contributed by atoms with E-state index in [1.54, 1.807) is 0 Å².